The van der Waals surface area contributed by atoms with Crippen molar-refractivity contribution in [1.82, 2.24) is 0 Å². The second-order valence-corrected chi connectivity index (χ2v) is 7.68. The Hall–Kier alpha value is -1.22. The van der Waals surface area contributed by atoms with Crippen LogP contribution in [0.5, 0.6) is 5.75 Å². The predicted octanol–water partition coefficient (Wildman–Crippen LogP) is 4.22. The van der Waals surface area contributed by atoms with Crippen LogP contribution in [0.15, 0.2) is 18.2 Å². The summed E-state index contributed by atoms with van der Waals surface area (Å²) < 4.78 is 6.27. The van der Waals surface area contributed by atoms with Crippen LogP contribution < -0.4 is 10.5 Å². The largest absolute Gasteiger partial charge is 0.490 e. The standard InChI is InChI=1S/C17H23ClN2O/c1-16(2)10-6-7-17(16,3)14(8-10)21-11-4-5-12(15(19)20)13(18)9-11/h4-5,9-10,14H,6-8H2,1-3H3,(H3,19,20). The molecule has 114 valence electrons. The van der Waals surface area contributed by atoms with Gasteiger partial charge >= 0.3 is 0 Å². The van der Waals surface area contributed by atoms with E-state index < -0.39 is 0 Å². The average molecular weight is 307 g/mol. The molecule has 0 amide bonds. The fourth-order valence-corrected chi connectivity index (χ4v) is 4.53. The van der Waals surface area contributed by atoms with Crippen molar-refractivity contribution in [2.75, 3.05) is 0 Å². The molecule has 2 bridgehead atoms. The second-order valence-electron chi connectivity index (χ2n) is 7.27. The van der Waals surface area contributed by atoms with E-state index in [-0.39, 0.29) is 17.4 Å². The van der Waals surface area contributed by atoms with Gasteiger partial charge in [0, 0.05) is 11.0 Å². The molecule has 21 heavy (non-hydrogen) atoms. The van der Waals surface area contributed by atoms with Gasteiger partial charge in [-0.25, -0.2) is 0 Å². The maximum atomic E-state index is 7.47. The average Bonchev–Trinajstić information content (AvgIpc) is 2.71. The maximum Gasteiger partial charge on any atom is 0.124 e. The second kappa shape index (κ2) is 4.64. The number of hydrogen-bond acceptors (Lipinski definition) is 2. The quantitative estimate of drug-likeness (QED) is 0.649. The van der Waals surface area contributed by atoms with E-state index in [0.29, 0.717) is 16.0 Å². The smallest absolute Gasteiger partial charge is 0.124 e. The molecule has 0 radical (unpaired) electrons. The fraction of sp³-hybridized carbons (Fsp3) is 0.588. The third-order valence-corrected chi connectivity index (χ3v) is 6.54. The van der Waals surface area contributed by atoms with Crippen molar-refractivity contribution in [3.63, 3.8) is 0 Å². The number of amidine groups is 1. The summed E-state index contributed by atoms with van der Waals surface area (Å²) in [7, 11) is 0. The molecule has 3 atom stereocenters. The van der Waals surface area contributed by atoms with Crippen molar-refractivity contribution in [2.45, 2.75) is 46.1 Å². The minimum Gasteiger partial charge on any atom is -0.490 e. The first-order chi connectivity index (χ1) is 9.75. The summed E-state index contributed by atoms with van der Waals surface area (Å²) in [5.74, 6) is 1.51. The Morgan fingerprint density at radius 2 is 2.10 bits per heavy atom. The Morgan fingerprint density at radius 1 is 1.38 bits per heavy atom. The lowest BCUT2D eigenvalue weighted by Gasteiger charge is -2.38. The lowest BCUT2D eigenvalue weighted by atomic mass is 9.70. The summed E-state index contributed by atoms with van der Waals surface area (Å²) in [6.45, 7) is 7.11. The first-order valence-electron chi connectivity index (χ1n) is 7.56. The number of hydrogen-bond donors (Lipinski definition) is 2. The molecule has 0 aliphatic heterocycles. The van der Waals surface area contributed by atoms with Crippen LogP contribution in [0.1, 0.15) is 45.6 Å². The number of ether oxygens (including phenoxy) is 1. The van der Waals surface area contributed by atoms with Crippen LogP contribution in [-0.4, -0.2) is 11.9 Å². The number of halogens is 1. The number of rotatable bonds is 3. The Bertz CT molecular complexity index is 598. The zero-order chi connectivity index (χ0) is 15.4. The summed E-state index contributed by atoms with van der Waals surface area (Å²) in [4.78, 5) is 0. The SMILES string of the molecule is CC1(C)C2CCC1(C)C(Oc1ccc(C(=N)N)c(Cl)c1)C2. The highest BCUT2D eigenvalue weighted by atomic mass is 35.5. The molecule has 3 N–H and O–H groups in total. The van der Waals surface area contributed by atoms with E-state index >= 15 is 0 Å². The Kier molecular flexibility index (Phi) is 3.25. The van der Waals surface area contributed by atoms with Crippen molar-refractivity contribution in [1.29, 1.82) is 5.41 Å². The topological polar surface area (TPSA) is 59.1 Å². The molecule has 1 aromatic rings. The highest BCUT2D eigenvalue weighted by Gasteiger charge is 2.62. The summed E-state index contributed by atoms with van der Waals surface area (Å²) in [5, 5.41) is 7.95. The number of fused-ring (bicyclic) bond motifs is 2. The highest BCUT2D eigenvalue weighted by molar-refractivity contribution is 6.34. The predicted molar refractivity (Wildman–Crippen MR) is 86.1 cm³/mol. The van der Waals surface area contributed by atoms with Gasteiger partial charge in [-0.15, -0.1) is 0 Å². The Morgan fingerprint density at radius 3 is 2.57 bits per heavy atom. The molecule has 2 saturated carbocycles. The zero-order valence-corrected chi connectivity index (χ0v) is 13.6. The summed E-state index contributed by atoms with van der Waals surface area (Å²) >= 11 is 6.18. The maximum absolute atomic E-state index is 7.47. The van der Waals surface area contributed by atoms with Crippen LogP contribution in [0, 0.1) is 22.2 Å². The van der Waals surface area contributed by atoms with Gasteiger partial charge in [0.25, 0.3) is 0 Å². The van der Waals surface area contributed by atoms with Crippen molar-refractivity contribution in [3.05, 3.63) is 28.8 Å². The van der Waals surface area contributed by atoms with E-state index in [1.165, 1.54) is 12.8 Å². The van der Waals surface area contributed by atoms with Gasteiger partial charge in [-0.1, -0.05) is 32.4 Å². The van der Waals surface area contributed by atoms with Crippen LogP contribution in [0.2, 0.25) is 5.02 Å². The molecule has 3 unspecified atom stereocenters. The summed E-state index contributed by atoms with van der Waals surface area (Å²) in [5.41, 5.74) is 6.61. The van der Waals surface area contributed by atoms with Gasteiger partial charge in [0.2, 0.25) is 0 Å². The number of nitrogens with one attached hydrogen (secondary N) is 1. The van der Waals surface area contributed by atoms with Crippen molar-refractivity contribution in [2.24, 2.45) is 22.5 Å². The van der Waals surface area contributed by atoms with Crippen LogP contribution >= 0.6 is 11.6 Å². The molecule has 4 heteroatoms. The third kappa shape index (κ3) is 2.05. The lowest BCUT2D eigenvalue weighted by molar-refractivity contribution is 0.0302. The van der Waals surface area contributed by atoms with Gasteiger partial charge in [-0.05, 0) is 48.8 Å². The molecular weight excluding hydrogens is 284 g/mol. The van der Waals surface area contributed by atoms with E-state index in [4.69, 9.17) is 27.5 Å². The number of benzene rings is 1. The molecule has 3 rings (SSSR count). The van der Waals surface area contributed by atoms with Gasteiger partial charge in [0.05, 0.1) is 5.02 Å². The molecule has 3 nitrogen and oxygen atoms in total. The van der Waals surface area contributed by atoms with Gasteiger partial charge in [-0.3, -0.25) is 5.41 Å². The molecule has 0 saturated heterocycles. The molecule has 2 fully saturated rings. The van der Waals surface area contributed by atoms with E-state index in [2.05, 4.69) is 20.8 Å². The molecule has 2 aliphatic rings. The molecular formula is C17H23ClN2O. The van der Waals surface area contributed by atoms with E-state index in [0.717, 1.165) is 18.1 Å². The third-order valence-electron chi connectivity index (χ3n) is 6.22. The molecule has 2 aliphatic carbocycles. The fourth-order valence-electron chi connectivity index (χ4n) is 4.26. The molecule has 0 heterocycles. The van der Waals surface area contributed by atoms with Gasteiger partial charge in [0.1, 0.15) is 17.7 Å². The monoisotopic (exact) mass is 306 g/mol. The minimum absolute atomic E-state index is 0.0143. The molecule has 0 aromatic heterocycles. The van der Waals surface area contributed by atoms with Crippen LogP contribution in [0.4, 0.5) is 0 Å². The van der Waals surface area contributed by atoms with Gasteiger partial charge in [-0.2, -0.15) is 0 Å². The van der Waals surface area contributed by atoms with Crippen LogP contribution in [0.3, 0.4) is 0 Å². The van der Waals surface area contributed by atoms with Crippen LogP contribution in [0.25, 0.3) is 0 Å². The Balaban J connectivity index is 1.83. The van der Waals surface area contributed by atoms with E-state index in [9.17, 15) is 0 Å². The van der Waals surface area contributed by atoms with Gasteiger partial charge in [0.15, 0.2) is 0 Å². The minimum atomic E-state index is -0.0143. The van der Waals surface area contributed by atoms with Crippen molar-refractivity contribution >= 4 is 17.4 Å². The highest BCUT2D eigenvalue weighted by Crippen LogP contribution is 2.66. The van der Waals surface area contributed by atoms with E-state index in [1.54, 1.807) is 12.1 Å². The van der Waals surface area contributed by atoms with Crippen molar-refractivity contribution < 1.29 is 4.74 Å². The van der Waals surface area contributed by atoms with Crippen molar-refractivity contribution in [3.8, 4) is 5.75 Å². The lowest BCUT2D eigenvalue weighted by Crippen LogP contribution is -2.38. The summed E-state index contributed by atoms with van der Waals surface area (Å²) in [6, 6.07) is 5.41. The first-order valence-corrected chi connectivity index (χ1v) is 7.94. The normalized spacial score (nSPS) is 33.1. The first kappa shape index (κ1) is 14.7. The molecule has 1 aromatic carbocycles. The van der Waals surface area contributed by atoms with Gasteiger partial charge < -0.3 is 10.5 Å². The number of nitrogens with two attached hydrogens (primary N) is 1. The zero-order valence-electron chi connectivity index (χ0n) is 12.9. The summed E-state index contributed by atoms with van der Waals surface area (Å²) in [6.07, 6.45) is 3.91. The number of nitrogen functional groups attached to an aromatic ring is 1. The molecule has 0 spiro atoms. The Labute approximate surface area is 131 Å². The van der Waals surface area contributed by atoms with Crippen LogP contribution in [-0.2, 0) is 0 Å². The van der Waals surface area contributed by atoms with E-state index in [1.807, 2.05) is 6.07 Å².